The molecule has 2 aromatic carbocycles. The van der Waals surface area contributed by atoms with E-state index in [1.54, 1.807) is 30.2 Å². The molecule has 180 valence electrons. The van der Waals surface area contributed by atoms with Gasteiger partial charge >= 0.3 is 0 Å². The van der Waals surface area contributed by atoms with Crippen LogP contribution < -0.4 is 10.1 Å². The van der Waals surface area contributed by atoms with E-state index in [2.05, 4.69) is 5.32 Å². The van der Waals surface area contributed by atoms with Crippen molar-refractivity contribution in [2.45, 2.75) is 58.0 Å². The Bertz CT molecular complexity index is 925. The first-order chi connectivity index (χ1) is 15.6. The second-order valence-electron chi connectivity index (χ2n) is 8.73. The summed E-state index contributed by atoms with van der Waals surface area (Å²) in [5, 5.41) is 4.17. The minimum atomic E-state index is -0.580. The fraction of sp³-hybridized carbons (Fsp3) is 0.440. The molecular weight excluding hydrogens is 479 g/mol. The van der Waals surface area contributed by atoms with Gasteiger partial charge in [0.25, 0.3) is 0 Å². The fourth-order valence-corrected chi connectivity index (χ4v) is 4.94. The summed E-state index contributed by atoms with van der Waals surface area (Å²) in [6.07, 6.45) is 0.505. The van der Waals surface area contributed by atoms with Crippen molar-refractivity contribution >= 4 is 46.8 Å². The smallest absolute Gasteiger partial charge is 0.243 e. The van der Waals surface area contributed by atoms with Crippen molar-refractivity contribution in [1.82, 2.24) is 10.2 Å². The molecule has 0 bridgehead atoms. The third-order valence-electron chi connectivity index (χ3n) is 4.93. The predicted octanol–water partition coefficient (Wildman–Crippen LogP) is 5.96. The van der Waals surface area contributed by atoms with Crippen LogP contribution in [0.15, 0.2) is 42.5 Å². The Balaban J connectivity index is 2.20. The number of carbonyl (C=O) groups is 2. The molecule has 0 aliphatic rings. The second kappa shape index (κ2) is 12.5. The SMILES string of the molecule is CC[C@@H](C(=O)NC(C)(C)C)N(Cc1ccc(OC)cc1)C(=O)CSCc1c(Cl)cccc1Cl. The van der Waals surface area contributed by atoms with Gasteiger partial charge < -0.3 is 15.0 Å². The number of halogens is 2. The van der Waals surface area contributed by atoms with Crippen molar-refractivity contribution in [3.05, 3.63) is 63.6 Å². The third-order valence-corrected chi connectivity index (χ3v) is 6.58. The maximum absolute atomic E-state index is 13.3. The van der Waals surface area contributed by atoms with E-state index < -0.39 is 11.6 Å². The number of ether oxygens (including phenoxy) is 1. The molecule has 2 rings (SSSR count). The molecule has 0 saturated carbocycles. The standard InChI is InChI=1S/C25H32Cl2N2O3S/c1-6-22(24(31)28-25(2,3)4)29(14-17-10-12-18(32-5)13-11-17)23(30)16-33-15-19-20(26)8-7-9-21(19)27/h7-13,22H,6,14-16H2,1-5H3,(H,28,31)/t22-/m0/s1. The van der Waals surface area contributed by atoms with Gasteiger partial charge in [-0.1, -0.05) is 48.3 Å². The molecule has 0 heterocycles. The van der Waals surface area contributed by atoms with Gasteiger partial charge in [0.2, 0.25) is 11.8 Å². The minimum Gasteiger partial charge on any atom is -0.497 e. The number of hydrogen-bond acceptors (Lipinski definition) is 4. The Hall–Kier alpha value is -1.89. The molecule has 0 spiro atoms. The zero-order valence-corrected chi connectivity index (χ0v) is 22.1. The van der Waals surface area contributed by atoms with E-state index in [1.807, 2.05) is 52.0 Å². The van der Waals surface area contributed by atoms with Crippen LogP contribution in [0, 0.1) is 0 Å². The molecule has 1 atom stereocenters. The van der Waals surface area contributed by atoms with Crippen molar-refractivity contribution < 1.29 is 14.3 Å². The van der Waals surface area contributed by atoms with Gasteiger partial charge in [0.15, 0.2) is 0 Å². The van der Waals surface area contributed by atoms with Crippen molar-refractivity contribution in [2.75, 3.05) is 12.9 Å². The normalized spacial score (nSPS) is 12.2. The maximum Gasteiger partial charge on any atom is 0.243 e. The summed E-state index contributed by atoms with van der Waals surface area (Å²) in [6.45, 7) is 8.02. The minimum absolute atomic E-state index is 0.116. The van der Waals surface area contributed by atoms with Crippen LogP contribution >= 0.6 is 35.0 Å². The summed E-state index contributed by atoms with van der Waals surface area (Å²) in [4.78, 5) is 28.0. The van der Waals surface area contributed by atoms with Crippen LogP contribution in [0.4, 0.5) is 0 Å². The van der Waals surface area contributed by atoms with E-state index in [0.717, 1.165) is 16.9 Å². The summed E-state index contributed by atoms with van der Waals surface area (Å²) < 4.78 is 5.23. The lowest BCUT2D eigenvalue weighted by Crippen LogP contribution is -2.53. The topological polar surface area (TPSA) is 58.6 Å². The molecule has 0 unspecified atom stereocenters. The Labute approximate surface area is 211 Å². The number of nitrogens with one attached hydrogen (secondary N) is 1. The van der Waals surface area contributed by atoms with E-state index in [0.29, 0.717) is 28.8 Å². The van der Waals surface area contributed by atoms with Crippen LogP contribution in [0.5, 0.6) is 5.75 Å². The summed E-state index contributed by atoms with van der Waals surface area (Å²) >= 11 is 13.9. The largest absolute Gasteiger partial charge is 0.497 e. The number of rotatable bonds is 10. The van der Waals surface area contributed by atoms with Gasteiger partial charge in [0, 0.05) is 27.9 Å². The first kappa shape index (κ1) is 27.4. The van der Waals surface area contributed by atoms with Crippen LogP contribution in [0.25, 0.3) is 0 Å². The molecule has 2 amide bonds. The summed E-state index contributed by atoms with van der Waals surface area (Å²) in [6, 6.07) is 12.3. The molecule has 0 saturated heterocycles. The van der Waals surface area contributed by atoms with E-state index >= 15 is 0 Å². The number of hydrogen-bond donors (Lipinski definition) is 1. The molecule has 1 N–H and O–H groups in total. The van der Waals surface area contributed by atoms with E-state index in [9.17, 15) is 9.59 Å². The molecule has 0 aliphatic heterocycles. The van der Waals surface area contributed by atoms with Crippen LogP contribution in [0.1, 0.15) is 45.2 Å². The van der Waals surface area contributed by atoms with Gasteiger partial charge in [0.1, 0.15) is 11.8 Å². The average Bonchev–Trinajstić information content (AvgIpc) is 2.74. The van der Waals surface area contributed by atoms with Gasteiger partial charge in [-0.3, -0.25) is 9.59 Å². The molecular formula is C25H32Cl2N2O3S. The lowest BCUT2D eigenvalue weighted by atomic mass is 10.1. The Kier molecular flexibility index (Phi) is 10.4. The van der Waals surface area contributed by atoms with E-state index in [1.165, 1.54) is 11.8 Å². The zero-order chi connectivity index (χ0) is 24.6. The monoisotopic (exact) mass is 510 g/mol. The van der Waals surface area contributed by atoms with E-state index in [4.69, 9.17) is 27.9 Å². The van der Waals surface area contributed by atoms with Gasteiger partial charge in [-0.25, -0.2) is 0 Å². The number of thioether (sulfide) groups is 1. The van der Waals surface area contributed by atoms with Gasteiger partial charge in [-0.2, -0.15) is 0 Å². The van der Waals surface area contributed by atoms with E-state index in [-0.39, 0.29) is 17.6 Å². The Morgan fingerprint density at radius 1 is 1.09 bits per heavy atom. The van der Waals surface area contributed by atoms with Crippen LogP contribution in [0.2, 0.25) is 10.0 Å². The Morgan fingerprint density at radius 2 is 1.70 bits per heavy atom. The number of methoxy groups -OCH3 is 1. The highest BCUT2D eigenvalue weighted by Gasteiger charge is 2.30. The third kappa shape index (κ3) is 8.43. The summed E-state index contributed by atoms with van der Waals surface area (Å²) in [5.41, 5.74) is 1.33. The maximum atomic E-state index is 13.3. The first-order valence-electron chi connectivity index (χ1n) is 10.8. The van der Waals surface area contributed by atoms with Gasteiger partial charge in [0.05, 0.1) is 12.9 Å². The van der Waals surface area contributed by atoms with Gasteiger partial charge in [-0.15, -0.1) is 11.8 Å². The number of carbonyl (C=O) groups excluding carboxylic acids is 2. The molecule has 5 nitrogen and oxygen atoms in total. The molecule has 33 heavy (non-hydrogen) atoms. The highest BCUT2D eigenvalue weighted by atomic mass is 35.5. The summed E-state index contributed by atoms with van der Waals surface area (Å²) in [7, 11) is 1.61. The van der Waals surface area contributed by atoms with Crippen LogP contribution in [-0.2, 0) is 21.9 Å². The lowest BCUT2D eigenvalue weighted by Gasteiger charge is -2.33. The molecule has 0 aromatic heterocycles. The molecule has 2 aromatic rings. The summed E-state index contributed by atoms with van der Waals surface area (Å²) in [5.74, 6) is 1.17. The molecule has 0 fully saturated rings. The number of amides is 2. The van der Waals surface area contributed by atoms with Crippen molar-refractivity contribution in [3.8, 4) is 5.75 Å². The fourth-order valence-electron chi connectivity index (χ4n) is 3.29. The van der Waals surface area contributed by atoms with Crippen molar-refractivity contribution in [1.29, 1.82) is 0 Å². The highest BCUT2D eigenvalue weighted by Crippen LogP contribution is 2.28. The average molecular weight is 512 g/mol. The zero-order valence-electron chi connectivity index (χ0n) is 19.8. The van der Waals surface area contributed by atoms with Crippen LogP contribution in [0.3, 0.4) is 0 Å². The molecule has 8 heteroatoms. The quantitative estimate of drug-likeness (QED) is 0.428. The first-order valence-corrected chi connectivity index (χ1v) is 12.7. The van der Waals surface area contributed by atoms with Gasteiger partial charge in [-0.05, 0) is 62.6 Å². The predicted molar refractivity (Wildman–Crippen MR) is 138 cm³/mol. The lowest BCUT2D eigenvalue weighted by molar-refractivity contribution is -0.140. The number of benzene rings is 2. The van der Waals surface area contributed by atoms with Crippen LogP contribution in [-0.4, -0.2) is 41.2 Å². The number of nitrogens with zero attached hydrogens (tertiary/aromatic N) is 1. The van der Waals surface area contributed by atoms with Crippen molar-refractivity contribution in [3.63, 3.8) is 0 Å². The molecule has 0 radical (unpaired) electrons. The highest BCUT2D eigenvalue weighted by molar-refractivity contribution is 7.99. The molecule has 0 aliphatic carbocycles. The Morgan fingerprint density at radius 3 is 2.21 bits per heavy atom. The second-order valence-corrected chi connectivity index (χ2v) is 10.5. The van der Waals surface area contributed by atoms with Crippen molar-refractivity contribution in [2.24, 2.45) is 0 Å².